The molecule has 0 aliphatic heterocycles. The van der Waals surface area contributed by atoms with E-state index in [1.165, 1.54) is 24.0 Å². The molecule has 0 aromatic heterocycles. The number of rotatable bonds is 12. The van der Waals surface area contributed by atoms with Crippen LogP contribution < -0.4 is 21.1 Å². The Bertz CT molecular complexity index is 1560. The Hall–Kier alpha value is -3.70. The first-order chi connectivity index (χ1) is 21.1. The number of carbonyl (C=O) groups excluding carboxylic acids is 3. The maximum atomic E-state index is 14.1. The second kappa shape index (κ2) is 14.8. The third-order valence-corrected chi connectivity index (χ3v) is 10.2. The van der Waals surface area contributed by atoms with Gasteiger partial charge in [-0.3, -0.25) is 14.4 Å². The van der Waals surface area contributed by atoms with E-state index in [1.807, 2.05) is 78.8 Å². The van der Waals surface area contributed by atoms with Gasteiger partial charge in [-0.2, -0.15) is 0 Å². The van der Waals surface area contributed by atoms with Crippen LogP contribution in [0.25, 0.3) is 0 Å². The topological polar surface area (TPSA) is 151 Å². The first-order valence-electron chi connectivity index (χ1n) is 15.5. The minimum absolute atomic E-state index is 0.0351. The second-order valence-corrected chi connectivity index (χ2v) is 15.6. The summed E-state index contributed by atoms with van der Waals surface area (Å²) >= 11 is 0. The highest BCUT2D eigenvalue weighted by Crippen LogP contribution is 2.29. The van der Waals surface area contributed by atoms with E-state index >= 15 is 0 Å². The first-order valence-corrected chi connectivity index (χ1v) is 17.0. The number of benzene rings is 2. The highest BCUT2D eigenvalue weighted by Gasteiger charge is 2.41. The number of sulfonamides is 1. The molecule has 0 aliphatic carbocycles. The lowest BCUT2D eigenvalue weighted by atomic mass is 9.76. The monoisotopic (exact) mass is 655 g/mol. The van der Waals surface area contributed by atoms with Gasteiger partial charge in [-0.15, -0.1) is 0 Å². The second-order valence-electron chi connectivity index (χ2n) is 14.0. The predicted octanol–water partition coefficient (Wildman–Crippen LogP) is 4.22. The molecule has 0 radical (unpaired) electrons. The number of anilines is 1. The van der Waals surface area contributed by atoms with Crippen LogP contribution in [0.2, 0.25) is 0 Å². The van der Waals surface area contributed by atoms with E-state index in [4.69, 9.17) is 5.73 Å². The van der Waals surface area contributed by atoms with Gasteiger partial charge in [-0.05, 0) is 68.0 Å². The average Bonchev–Trinajstić information content (AvgIpc) is 2.96. The molecule has 0 saturated heterocycles. The summed E-state index contributed by atoms with van der Waals surface area (Å²) in [5, 5.41) is 6.16. The van der Waals surface area contributed by atoms with Gasteiger partial charge < -0.3 is 21.3 Å². The van der Waals surface area contributed by atoms with Crippen molar-refractivity contribution >= 4 is 33.4 Å². The maximum Gasteiger partial charge on any atom is 0.264 e. The van der Waals surface area contributed by atoms with Crippen LogP contribution in [0.3, 0.4) is 0 Å². The molecule has 11 heteroatoms. The minimum Gasteiger partial charge on any atom is -0.399 e. The van der Waals surface area contributed by atoms with Crippen molar-refractivity contribution in [1.82, 2.24) is 20.3 Å². The number of nitrogen functional groups attached to an aromatic ring is 1. The SMILES string of the molecule is CN[C@H](C(=O)N[C@H](C(=O)N(C)[C@H](C=C(C)C(=O)NS(=O)(=O)c1ccc(N)c(C)c1C)C(C)C)C(C)(C)C)C(C)(C)c1ccccc1. The van der Waals surface area contributed by atoms with Crippen molar-refractivity contribution in [2.75, 3.05) is 19.8 Å². The van der Waals surface area contributed by atoms with Gasteiger partial charge in [0, 0.05) is 23.7 Å². The van der Waals surface area contributed by atoms with Crippen LogP contribution in [0.1, 0.15) is 72.1 Å². The molecule has 0 unspecified atom stereocenters. The number of amides is 3. The molecule has 0 spiro atoms. The highest BCUT2D eigenvalue weighted by atomic mass is 32.2. The fourth-order valence-corrected chi connectivity index (χ4v) is 6.85. The van der Waals surface area contributed by atoms with Crippen LogP contribution in [-0.2, 0) is 29.8 Å². The summed E-state index contributed by atoms with van der Waals surface area (Å²) in [5.74, 6) is -1.60. The number of likely N-dealkylation sites (N-methyl/N-ethyl adjacent to an activating group) is 2. The molecule has 2 aromatic rings. The molecule has 3 amide bonds. The van der Waals surface area contributed by atoms with Crippen molar-refractivity contribution < 1.29 is 22.8 Å². The normalized spacial score (nSPS) is 14.8. The predicted molar refractivity (Wildman–Crippen MR) is 185 cm³/mol. The van der Waals surface area contributed by atoms with Crippen molar-refractivity contribution in [3.8, 4) is 0 Å². The molecule has 0 aliphatic rings. The summed E-state index contributed by atoms with van der Waals surface area (Å²) in [5.41, 5.74) is 7.29. The van der Waals surface area contributed by atoms with E-state index in [0.29, 0.717) is 16.8 Å². The first kappa shape index (κ1) is 38.5. The standard InChI is InChI=1S/C35H53N5O5S/c1-21(2)27(20-22(3)31(41)39-46(44,45)28-19-18-26(36)23(4)24(28)5)40(12)33(43)30(34(6,7)8)38-32(42)29(37-11)35(9,10)25-16-14-13-15-17-25/h13-21,27,29-30,37H,36H2,1-12H3,(H,38,42)(H,39,41)/t27-,29-,30-/m1/s1. The van der Waals surface area contributed by atoms with E-state index in [1.54, 1.807) is 34.0 Å². The fraction of sp³-hybridized carbons (Fsp3) is 0.514. The van der Waals surface area contributed by atoms with E-state index in [2.05, 4.69) is 15.4 Å². The smallest absolute Gasteiger partial charge is 0.264 e. The Kier molecular flexibility index (Phi) is 12.4. The Balaban J connectivity index is 2.36. The van der Waals surface area contributed by atoms with E-state index < -0.39 is 44.9 Å². The third kappa shape index (κ3) is 8.76. The summed E-state index contributed by atoms with van der Waals surface area (Å²) in [6.45, 7) is 18.3. The summed E-state index contributed by atoms with van der Waals surface area (Å²) in [7, 11) is -0.840. The third-order valence-electron chi connectivity index (χ3n) is 8.74. The van der Waals surface area contributed by atoms with Gasteiger partial charge in [0.05, 0.1) is 17.0 Å². The number of nitrogens with zero attached hydrogens (tertiary/aromatic N) is 1. The number of carbonyl (C=O) groups is 3. The number of hydrogen-bond donors (Lipinski definition) is 4. The molecule has 10 nitrogen and oxygen atoms in total. The zero-order valence-corrected chi connectivity index (χ0v) is 30.2. The van der Waals surface area contributed by atoms with Crippen molar-refractivity contribution in [2.24, 2.45) is 11.3 Å². The van der Waals surface area contributed by atoms with Gasteiger partial charge in [0.25, 0.3) is 15.9 Å². The highest BCUT2D eigenvalue weighted by molar-refractivity contribution is 7.90. The van der Waals surface area contributed by atoms with Crippen LogP contribution in [0.15, 0.2) is 59.0 Å². The molecule has 0 heterocycles. The zero-order chi connectivity index (χ0) is 35.4. The van der Waals surface area contributed by atoms with Gasteiger partial charge in [-0.1, -0.05) is 84.9 Å². The van der Waals surface area contributed by atoms with E-state index in [9.17, 15) is 22.8 Å². The van der Waals surface area contributed by atoms with Gasteiger partial charge in [0.2, 0.25) is 11.8 Å². The van der Waals surface area contributed by atoms with Gasteiger partial charge >= 0.3 is 0 Å². The minimum atomic E-state index is -4.19. The molecule has 0 bridgehead atoms. The van der Waals surface area contributed by atoms with E-state index in [0.717, 1.165) is 5.56 Å². The number of nitrogens with one attached hydrogen (secondary N) is 3. The summed E-state index contributed by atoms with van der Waals surface area (Å²) in [6, 6.07) is 10.5. The zero-order valence-electron chi connectivity index (χ0n) is 29.4. The molecule has 2 rings (SSSR count). The van der Waals surface area contributed by atoms with Crippen LogP contribution in [0, 0.1) is 25.2 Å². The van der Waals surface area contributed by atoms with Crippen LogP contribution in [0.5, 0.6) is 0 Å². The van der Waals surface area contributed by atoms with Crippen molar-refractivity contribution in [3.05, 3.63) is 70.8 Å². The van der Waals surface area contributed by atoms with Gasteiger partial charge in [0.15, 0.2) is 0 Å². The van der Waals surface area contributed by atoms with Gasteiger partial charge in [0.1, 0.15) is 6.04 Å². The molecular weight excluding hydrogens is 602 g/mol. The molecule has 46 heavy (non-hydrogen) atoms. The van der Waals surface area contributed by atoms with Crippen molar-refractivity contribution in [1.29, 1.82) is 0 Å². The molecule has 5 N–H and O–H groups in total. The summed E-state index contributed by atoms with van der Waals surface area (Å²) < 4.78 is 28.4. The molecule has 3 atom stereocenters. The molecule has 254 valence electrons. The summed E-state index contributed by atoms with van der Waals surface area (Å²) in [6.07, 6.45) is 1.59. The average molecular weight is 656 g/mol. The van der Waals surface area contributed by atoms with Crippen molar-refractivity contribution in [2.45, 2.75) is 97.7 Å². The van der Waals surface area contributed by atoms with Crippen LogP contribution >= 0.6 is 0 Å². The maximum absolute atomic E-state index is 14.1. The Labute approximate surface area is 275 Å². The number of nitrogens with two attached hydrogens (primary N) is 1. The molecule has 2 aromatic carbocycles. The van der Waals surface area contributed by atoms with Crippen LogP contribution in [-0.4, -0.2) is 63.3 Å². The Morgan fingerprint density at radius 3 is 1.98 bits per heavy atom. The van der Waals surface area contributed by atoms with E-state index in [-0.39, 0.29) is 28.2 Å². The Morgan fingerprint density at radius 2 is 1.48 bits per heavy atom. The fourth-order valence-electron chi connectivity index (χ4n) is 5.53. The lowest BCUT2D eigenvalue weighted by molar-refractivity contribution is -0.140. The van der Waals surface area contributed by atoms with Crippen LogP contribution in [0.4, 0.5) is 5.69 Å². The van der Waals surface area contributed by atoms with Crippen molar-refractivity contribution in [3.63, 3.8) is 0 Å². The lowest BCUT2D eigenvalue weighted by Crippen LogP contribution is -2.61. The number of hydrogen-bond acceptors (Lipinski definition) is 7. The lowest BCUT2D eigenvalue weighted by Gasteiger charge is -2.40. The molecule has 0 saturated carbocycles. The molecular formula is C35H53N5O5S. The van der Waals surface area contributed by atoms with Gasteiger partial charge in [-0.25, -0.2) is 13.1 Å². The Morgan fingerprint density at radius 1 is 0.913 bits per heavy atom. The largest absolute Gasteiger partial charge is 0.399 e. The summed E-state index contributed by atoms with van der Waals surface area (Å²) in [4.78, 5) is 42.5. The molecule has 0 fully saturated rings. The quantitative estimate of drug-likeness (QED) is 0.198.